The van der Waals surface area contributed by atoms with Gasteiger partial charge in [-0.25, -0.2) is 0 Å². The first-order valence-corrected chi connectivity index (χ1v) is 6.69. The van der Waals surface area contributed by atoms with Crippen molar-refractivity contribution in [1.82, 2.24) is 4.90 Å². The topological polar surface area (TPSA) is 33.5 Å². The smallest absolute Gasteiger partial charge is 0.246 e. The van der Waals surface area contributed by atoms with E-state index in [1.165, 1.54) is 6.08 Å². The van der Waals surface area contributed by atoms with Crippen LogP contribution in [0.3, 0.4) is 0 Å². The van der Waals surface area contributed by atoms with E-state index >= 15 is 0 Å². The first-order chi connectivity index (χ1) is 9.58. The molecule has 1 aromatic carbocycles. The molecular weight excluding hydrogens is 274 g/mol. The zero-order valence-corrected chi connectivity index (χ0v) is 12.2. The van der Waals surface area contributed by atoms with Gasteiger partial charge in [0.15, 0.2) is 0 Å². The molecule has 2 aromatic rings. The van der Waals surface area contributed by atoms with Crippen molar-refractivity contribution in [3.05, 3.63) is 65.1 Å². The van der Waals surface area contributed by atoms with Gasteiger partial charge in [0.2, 0.25) is 5.91 Å². The molecule has 0 radical (unpaired) electrons. The van der Waals surface area contributed by atoms with Gasteiger partial charge in [0, 0.05) is 18.1 Å². The van der Waals surface area contributed by atoms with Crippen molar-refractivity contribution in [3.63, 3.8) is 0 Å². The number of nitrogens with zero attached hydrogens (tertiary/aromatic N) is 1. The van der Waals surface area contributed by atoms with Crippen LogP contribution in [0.4, 0.5) is 0 Å². The third kappa shape index (κ3) is 3.52. The van der Waals surface area contributed by atoms with Gasteiger partial charge in [-0.3, -0.25) is 4.79 Å². The Morgan fingerprint density at radius 2 is 2.00 bits per heavy atom. The van der Waals surface area contributed by atoms with E-state index in [-0.39, 0.29) is 11.9 Å². The first kappa shape index (κ1) is 14.4. The van der Waals surface area contributed by atoms with Crippen LogP contribution in [0.25, 0.3) is 6.08 Å². The van der Waals surface area contributed by atoms with Crippen molar-refractivity contribution >= 4 is 23.6 Å². The van der Waals surface area contributed by atoms with Gasteiger partial charge in [-0.15, -0.1) is 0 Å². The Balaban J connectivity index is 2.04. The summed E-state index contributed by atoms with van der Waals surface area (Å²) in [6, 6.07) is 11.0. The molecule has 20 heavy (non-hydrogen) atoms. The van der Waals surface area contributed by atoms with Crippen molar-refractivity contribution in [2.24, 2.45) is 0 Å². The monoisotopic (exact) mass is 289 g/mol. The molecule has 1 atom stereocenters. The number of likely N-dealkylation sites (N-methyl/N-ethyl adjacent to an activating group) is 1. The lowest BCUT2D eigenvalue weighted by Crippen LogP contribution is -2.27. The molecule has 0 aliphatic rings. The quantitative estimate of drug-likeness (QED) is 0.792. The Hall–Kier alpha value is -2.00. The Morgan fingerprint density at radius 1 is 1.30 bits per heavy atom. The summed E-state index contributed by atoms with van der Waals surface area (Å²) in [4.78, 5) is 13.8. The number of carbonyl (C=O) groups excluding carboxylic acids is 1. The number of amides is 1. The number of benzene rings is 1. The summed E-state index contributed by atoms with van der Waals surface area (Å²) in [7, 11) is 1.77. The fourth-order valence-corrected chi connectivity index (χ4v) is 1.94. The summed E-state index contributed by atoms with van der Waals surface area (Å²) >= 11 is 5.86. The van der Waals surface area contributed by atoms with Crippen LogP contribution in [0.1, 0.15) is 24.3 Å². The number of rotatable bonds is 4. The summed E-state index contributed by atoms with van der Waals surface area (Å²) in [6.07, 6.45) is 4.74. The average molecular weight is 290 g/mol. The fourth-order valence-electron chi connectivity index (χ4n) is 1.81. The molecule has 3 nitrogen and oxygen atoms in total. The highest BCUT2D eigenvalue weighted by atomic mass is 35.5. The van der Waals surface area contributed by atoms with E-state index in [0.29, 0.717) is 10.8 Å². The van der Waals surface area contributed by atoms with Crippen LogP contribution < -0.4 is 0 Å². The number of furan rings is 1. The molecule has 0 spiro atoms. The normalized spacial score (nSPS) is 12.6. The minimum absolute atomic E-state index is 0.0268. The maximum Gasteiger partial charge on any atom is 0.246 e. The number of hydrogen-bond donors (Lipinski definition) is 0. The molecule has 2 rings (SSSR count). The predicted octanol–water partition coefficient (Wildman–Crippen LogP) is 4.17. The first-order valence-electron chi connectivity index (χ1n) is 6.32. The lowest BCUT2D eigenvalue weighted by Gasteiger charge is -2.24. The minimum Gasteiger partial charge on any atom is -0.465 e. The van der Waals surface area contributed by atoms with E-state index in [1.807, 2.05) is 31.2 Å². The number of carbonyl (C=O) groups is 1. The predicted molar refractivity (Wildman–Crippen MR) is 80.4 cm³/mol. The van der Waals surface area contributed by atoms with Crippen LogP contribution in [0.2, 0.25) is 5.02 Å². The third-order valence-electron chi connectivity index (χ3n) is 3.21. The minimum atomic E-state index is -0.0798. The summed E-state index contributed by atoms with van der Waals surface area (Å²) in [5, 5.41) is 0.688. The standard InChI is InChI=1S/C16H16ClNO2/c1-12(13-5-7-14(17)8-6-13)18(2)16(19)10-9-15-4-3-11-20-15/h3-12H,1-2H3/b10-9+. The maximum absolute atomic E-state index is 12.1. The summed E-state index contributed by atoms with van der Waals surface area (Å²) in [5.41, 5.74) is 1.04. The van der Waals surface area contributed by atoms with Crippen LogP contribution in [0.5, 0.6) is 0 Å². The van der Waals surface area contributed by atoms with Crippen molar-refractivity contribution < 1.29 is 9.21 Å². The summed E-state index contributed by atoms with van der Waals surface area (Å²) in [5.74, 6) is 0.578. The Kier molecular flexibility index (Phi) is 4.64. The molecule has 0 aliphatic carbocycles. The van der Waals surface area contributed by atoms with Crippen molar-refractivity contribution in [1.29, 1.82) is 0 Å². The molecule has 0 saturated heterocycles. The van der Waals surface area contributed by atoms with Crippen molar-refractivity contribution in [2.45, 2.75) is 13.0 Å². The van der Waals surface area contributed by atoms with E-state index in [1.54, 1.807) is 36.4 Å². The van der Waals surface area contributed by atoms with Gasteiger partial charge in [-0.05, 0) is 42.8 Å². The van der Waals surface area contributed by atoms with Gasteiger partial charge < -0.3 is 9.32 Å². The van der Waals surface area contributed by atoms with E-state index in [0.717, 1.165) is 5.56 Å². The van der Waals surface area contributed by atoms with Gasteiger partial charge in [0.1, 0.15) is 5.76 Å². The highest BCUT2D eigenvalue weighted by Gasteiger charge is 2.15. The lowest BCUT2D eigenvalue weighted by atomic mass is 10.1. The van der Waals surface area contributed by atoms with Gasteiger partial charge in [0.05, 0.1) is 12.3 Å². The molecule has 1 unspecified atom stereocenters. The van der Waals surface area contributed by atoms with E-state index in [9.17, 15) is 4.79 Å². The Labute approximate surface area is 123 Å². The van der Waals surface area contributed by atoms with Crippen LogP contribution in [-0.2, 0) is 4.79 Å². The van der Waals surface area contributed by atoms with Gasteiger partial charge >= 0.3 is 0 Å². The highest BCUT2D eigenvalue weighted by Crippen LogP contribution is 2.21. The van der Waals surface area contributed by atoms with E-state index < -0.39 is 0 Å². The molecule has 104 valence electrons. The Bertz CT molecular complexity index is 587. The number of hydrogen-bond acceptors (Lipinski definition) is 2. The largest absolute Gasteiger partial charge is 0.465 e. The molecule has 4 heteroatoms. The van der Waals surface area contributed by atoms with Crippen LogP contribution in [-0.4, -0.2) is 17.9 Å². The maximum atomic E-state index is 12.1. The molecule has 0 bridgehead atoms. The van der Waals surface area contributed by atoms with Gasteiger partial charge in [-0.1, -0.05) is 23.7 Å². The van der Waals surface area contributed by atoms with Crippen molar-refractivity contribution in [2.75, 3.05) is 7.05 Å². The Morgan fingerprint density at radius 3 is 2.60 bits per heavy atom. The molecular formula is C16H16ClNO2. The van der Waals surface area contributed by atoms with Crippen LogP contribution in [0, 0.1) is 0 Å². The van der Waals surface area contributed by atoms with Crippen molar-refractivity contribution in [3.8, 4) is 0 Å². The van der Waals surface area contributed by atoms with Crippen LogP contribution >= 0.6 is 11.6 Å². The molecule has 0 saturated carbocycles. The molecule has 1 amide bonds. The fraction of sp³-hybridized carbons (Fsp3) is 0.188. The summed E-state index contributed by atoms with van der Waals surface area (Å²) < 4.78 is 5.15. The summed E-state index contributed by atoms with van der Waals surface area (Å²) in [6.45, 7) is 1.97. The molecule has 1 heterocycles. The molecule has 0 fully saturated rings. The van der Waals surface area contributed by atoms with Crippen LogP contribution in [0.15, 0.2) is 53.2 Å². The SMILES string of the molecule is CC(c1ccc(Cl)cc1)N(C)C(=O)/C=C/c1ccco1. The highest BCUT2D eigenvalue weighted by molar-refractivity contribution is 6.30. The second kappa shape index (κ2) is 6.44. The van der Waals surface area contributed by atoms with E-state index in [4.69, 9.17) is 16.0 Å². The average Bonchev–Trinajstić information content (AvgIpc) is 2.97. The second-order valence-electron chi connectivity index (χ2n) is 4.53. The third-order valence-corrected chi connectivity index (χ3v) is 3.47. The van der Waals surface area contributed by atoms with Gasteiger partial charge in [-0.2, -0.15) is 0 Å². The lowest BCUT2D eigenvalue weighted by molar-refractivity contribution is -0.126. The molecule has 0 N–H and O–H groups in total. The molecule has 0 aliphatic heterocycles. The zero-order chi connectivity index (χ0) is 14.5. The molecule has 1 aromatic heterocycles. The second-order valence-corrected chi connectivity index (χ2v) is 4.96. The van der Waals surface area contributed by atoms with E-state index in [2.05, 4.69) is 0 Å². The zero-order valence-electron chi connectivity index (χ0n) is 11.4. The number of halogens is 1. The van der Waals surface area contributed by atoms with Gasteiger partial charge in [0.25, 0.3) is 0 Å².